The van der Waals surface area contributed by atoms with Gasteiger partial charge < -0.3 is 5.11 Å². The minimum Gasteiger partial charge on any atom is -0.390 e. The Hall–Kier alpha value is -0.410. The minimum absolute atomic E-state index is 0.0959. The van der Waals surface area contributed by atoms with Crippen LogP contribution in [0.15, 0.2) is 5.38 Å². The lowest BCUT2D eigenvalue weighted by atomic mass is 9.91. The molecule has 0 aromatic carbocycles. The zero-order valence-electron chi connectivity index (χ0n) is 11.9. The molecular formula is C14H25NOS. The summed E-state index contributed by atoms with van der Waals surface area (Å²) in [4.78, 5) is 4.63. The topological polar surface area (TPSA) is 33.1 Å². The number of aliphatic hydroxyl groups is 1. The van der Waals surface area contributed by atoms with E-state index in [4.69, 9.17) is 0 Å². The van der Waals surface area contributed by atoms with Gasteiger partial charge in [0.1, 0.15) is 0 Å². The first-order chi connectivity index (χ1) is 7.60. The first kappa shape index (κ1) is 14.7. The summed E-state index contributed by atoms with van der Waals surface area (Å²) in [5.41, 5.74) is 0.581. The third-order valence-electron chi connectivity index (χ3n) is 2.70. The Morgan fingerprint density at radius 3 is 2.29 bits per heavy atom. The molecule has 1 rings (SSSR count). The first-order valence-corrected chi connectivity index (χ1v) is 7.15. The summed E-state index contributed by atoms with van der Waals surface area (Å²) in [6, 6.07) is 0. The largest absolute Gasteiger partial charge is 0.390 e. The molecular weight excluding hydrogens is 230 g/mol. The Bertz CT molecular complexity index is 361. The van der Waals surface area contributed by atoms with Crippen LogP contribution < -0.4 is 0 Å². The predicted octanol–water partition coefficient (Wildman–Crippen LogP) is 3.78. The molecule has 1 N–H and O–H groups in total. The maximum Gasteiger partial charge on any atom is 0.0957 e. The van der Waals surface area contributed by atoms with Crippen LogP contribution in [0.25, 0.3) is 0 Å². The molecule has 98 valence electrons. The average molecular weight is 255 g/mol. The van der Waals surface area contributed by atoms with Crippen molar-refractivity contribution in [3.63, 3.8) is 0 Å². The molecule has 0 aliphatic heterocycles. The molecule has 1 heterocycles. The van der Waals surface area contributed by atoms with E-state index in [1.165, 1.54) is 0 Å². The maximum atomic E-state index is 10.3. The van der Waals surface area contributed by atoms with E-state index in [-0.39, 0.29) is 5.41 Å². The van der Waals surface area contributed by atoms with Crippen molar-refractivity contribution in [1.29, 1.82) is 0 Å². The molecule has 1 unspecified atom stereocenters. The fourth-order valence-corrected chi connectivity index (χ4v) is 3.21. The van der Waals surface area contributed by atoms with Crippen molar-refractivity contribution in [2.24, 2.45) is 5.92 Å². The number of nitrogens with zero attached hydrogens (tertiary/aromatic N) is 1. The molecule has 0 amide bonds. The Morgan fingerprint density at radius 1 is 1.29 bits per heavy atom. The summed E-state index contributed by atoms with van der Waals surface area (Å²) in [6.45, 7) is 12.7. The first-order valence-electron chi connectivity index (χ1n) is 6.27. The van der Waals surface area contributed by atoms with Crippen LogP contribution in [0, 0.1) is 5.92 Å². The van der Waals surface area contributed by atoms with E-state index < -0.39 is 5.60 Å². The van der Waals surface area contributed by atoms with E-state index >= 15 is 0 Å². The third-order valence-corrected chi connectivity index (χ3v) is 3.55. The van der Waals surface area contributed by atoms with Gasteiger partial charge >= 0.3 is 0 Å². The van der Waals surface area contributed by atoms with E-state index in [0.29, 0.717) is 12.3 Å². The summed E-state index contributed by atoms with van der Waals surface area (Å²) in [5, 5.41) is 13.5. The Morgan fingerprint density at radius 2 is 1.88 bits per heavy atom. The molecule has 0 aliphatic carbocycles. The normalized spacial score (nSPS) is 16.2. The fraction of sp³-hybridized carbons (Fsp3) is 0.786. The standard InChI is InChI=1S/C14H25NOS/c1-10(2)7-14(6,16)8-12-15-11(9-17-12)13(3,4)5/h9-10,16H,7-8H2,1-6H3. The summed E-state index contributed by atoms with van der Waals surface area (Å²) in [7, 11) is 0. The lowest BCUT2D eigenvalue weighted by Gasteiger charge is -2.24. The Labute approximate surface area is 109 Å². The third kappa shape index (κ3) is 4.76. The van der Waals surface area contributed by atoms with Gasteiger partial charge in [-0.1, -0.05) is 34.6 Å². The molecule has 0 fully saturated rings. The van der Waals surface area contributed by atoms with E-state index in [1.807, 2.05) is 6.92 Å². The van der Waals surface area contributed by atoms with Gasteiger partial charge in [0.05, 0.1) is 16.3 Å². The van der Waals surface area contributed by atoms with Crippen molar-refractivity contribution in [2.75, 3.05) is 0 Å². The monoisotopic (exact) mass is 255 g/mol. The van der Waals surface area contributed by atoms with Crippen molar-refractivity contribution >= 4 is 11.3 Å². The smallest absolute Gasteiger partial charge is 0.0957 e. The lowest BCUT2D eigenvalue weighted by molar-refractivity contribution is 0.0387. The summed E-state index contributed by atoms with van der Waals surface area (Å²) >= 11 is 1.66. The average Bonchev–Trinajstić information content (AvgIpc) is 2.47. The van der Waals surface area contributed by atoms with E-state index in [1.54, 1.807) is 11.3 Å². The molecule has 0 aliphatic rings. The summed E-state index contributed by atoms with van der Waals surface area (Å²) in [5.74, 6) is 0.507. The highest BCUT2D eigenvalue weighted by molar-refractivity contribution is 7.09. The van der Waals surface area contributed by atoms with Crippen LogP contribution in [0.1, 0.15) is 58.7 Å². The molecule has 0 bridgehead atoms. The van der Waals surface area contributed by atoms with Gasteiger partial charge in [0.2, 0.25) is 0 Å². The second-order valence-corrected chi connectivity index (χ2v) is 7.59. The molecule has 17 heavy (non-hydrogen) atoms. The summed E-state index contributed by atoms with van der Waals surface area (Å²) in [6.07, 6.45) is 1.48. The van der Waals surface area contributed by atoms with Crippen molar-refractivity contribution < 1.29 is 5.11 Å². The van der Waals surface area contributed by atoms with Crippen LogP contribution in [0.3, 0.4) is 0 Å². The van der Waals surface area contributed by atoms with Gasteiger partial charge in [0, 0.05) is 17.2 Å². The van der Waals surface area contributed by atoms with Gasteiger partial charge in [0.25, 0.3) is 0 Å². The molecule has 0 saturated heterocycles. The van der Waals surface area contributed by atoms with Crippen LogP contribution in [0.4, 0.5) is 0 Å². The molecule has 3 heteroatoms. The zero-order valence-corrected chi connectivity index (χ0v) is 12.7. The molecule has 1 aromatic heterocycles. The van der Waals surface area contributed by atoms with Crippen molar-refractivity contribution in [3.8, 4) is 0 Å². The van der Waals surface area contributed by atoms with E-state index in [0.717, 1.165) is 17.1 Å². The van der Waals surface area contributed by atoms with E-state index in [2.05, 4.69) is 45.0 Å². The van der Waals surface area contributed by atoms with Crippen LogP contribution in [-0.2, 0) is 11.8 Å². The van der Waals surface area contributed by atoms with Gasteiger partial charge in [-0.3, -0.25) is 0 Å². The number of thiazole rings is 1. The molecule has 0 saturated carbocycles. The highest BCUT2D eigenvalue weighted by Gasteiger charge is 2.25. The highest BCUT2D eigenvalue weighted by Crippen LogP contribution is 2.27. The van der Waals surface area contributed by atoms with Crippen molar-refractivity contribution in [3.05, 3.63) is 16.1 Å². The minimum atomic E-state index is -0.638. The second kappa shape index (κ2) is 5.07. The van der Waals surface area contributed by atoms with Crippen LogP contribution in [0.2, 0.25) is 0 Å². The Kier molecular flexibility index (Phi) is 4.37. The quantitative estimate of drug-likeness (QED) is 0.888. The van der Waals surface area contributed by atoms with Gasteiger partial charge in [-0.05, 0) is 19.3 Å². The van der Waals surface area contributed by atoms with Gasteiger partial charge in [-0.15, -0.1) is 11.3 Å². The highest BCUT2D eigenvalue weighted by atomic mass is 32.1. The van der Waals surface area contributed by atoms with Gasteiger partial charge in [-0.2, -0.15) is 0 Å². The van der Waals surface area contributed by atoms with Crippen molar-refractivity contribution in [1.82, 2.24) is 4.98 Å². The molecule has 1 aromatic rings. The lowest BCUT2D eigenvalue weighted by Crippen LogP contribution is -2.29. The zero-order chi connectivity index (χ0) is 13.3. The molecule has 0 radical (unpaired) electrons. The van der Waals surface area contributed by atoms with Gasteiger partial charge in [-0.25, -0.2) is 4.98 Å². The second-order valence-electron chi connectivity index (χ2n) is 6.65. The van der Waals surface area contributed by atoms with E-state index in [9.17, 15) is 5.11 Å². The summed E-state index contributed by atoms with van der Waals surface area (Å²) < 4.78 is 0. The van der Waals surface area contributed by atoms with Crippen LogP contribution in [0.5, 0.6) is 0 Å². The SMILES string of the molecule is CC(C)CC(C)(O)Cc1nc(C(C)(C)C)cs1. The number of hydrogen-bond acceptors (Lipinski definition) is 3. The predicted molar refractivity (Wildman–Crippen MR) is 74.6 cm³/mol. The maximum absolute atomic E-state index is 10.3. The van der Waals surface area contributed by atoms with Crippen LogP contribution >= 0.6 is 11.3 Å². The molecule has 0 spiro atoms. The van der Waals surface area contributed by atoms with Gasteiger partial charge in [0.15, 0.2) is 0 Å². The number of aromatic nitrogens is 1. The molecule has 2 nitrogen and oxygen atoms in total. The fourth-order valence-electron chi connectivity index (χ4n) is 2.01. The number of rotatable bonds is 4. The number of hydrogen-bond donors (Lipinski definition) is 1. The molecule has 1 atom stereocenters. The Balaban J connectivity index is 2.72. The van der Waals surface area contributed by atoms with Crippen molar-refractivity contribution in [2.45, 2.75) is 65.4 Å². The van der Waals surface area contributed by atoms with Crippen LogP contribution in [-0.4, -0.2) is 15.7 Å².